The molecule has 0 spiro atoms. The summed E-state index contributed by atoms with van der Waals surface area (Å²) in [4.78, 5) is 23.9. The molecule has 0 aliphatic rings. The Morgan fingerprint density at radius 1 is 1.42 bits per heavy atom. The lowest BCUT2D eigenvalue weighted by Gasteiger charge is -2.10. The molecule has 10 nitrogen and oxygen atoms in total. The van der Waals surface area contributed by atoms with Crippen molar-refractivity contribution in [3.63, 3.8) is 0 Å². The maximum Gasteiger partial charge on any atom is 0.345 e. The van der Waals surface area contributed by atoms with E-state index in [2.05, 4.69) is 20.1 Å². The van der Waals surface area contributed by atoms with Gasteiger partial charge < -0.3 is 20.7 Å². The van der Waals surface area contributed by atoms with E-state index >= 15 is 0 Å². The van der Waals surface area contributed by atoms with Gasteiger partial charge >= 0.3 is 5.82 Å². The number of nitrogens with zero attached hydrogens (tertiary/aromatic N) is 7. The van der Waals surface area contributed by atoms with Gasteiger partial charge in [-0.25, -0.2) is 0 Å². The molecule has 0 bridgehead atoms. The smallest absolute Gasteiger partial charge is 0.345 e. The number of nitrogen functional groups attached to an aromatic ring is 1. The molecule has 2 rings (SSSR count). The van der Waals surface area contributed by atoms with E-state index in [1.807, 2.05) is 0 Å². The van der Waals surface area contributed by atoms with Gasteiger partial charge in [0.25, 0.3) is 0 Å². The van der Waals surface area contributed by atoms with Gasteiger partial charge in [0.2, 0.25) is 11.9 Å². The summed E-state index contributed by atoms with van der Waals surface area (Å²) >= 11 is 0. The van der Waals surface area contributed by atoms with E-state index < -0.39 is 4.92 Å². The molecule has 0 saturated carbocycles. The number of nitro groups is 1. The van der Waals surface area contributed by atoms with Crippen LogP contribution < -0.4 is 10.6 Å². The third-order valence-electron chi connectivity index (χ3n) is 2.26. The molecule has 0 aliphatic heterocycles. The standard InChI is InChI=1S/C9H12N8O2/c1-15(2)9-13-6(12-8(10)14-9)5-16-7(17(18)19)3-4-11-16/h3-4H,5H2,1-2H3,(H2,10,12,13,14). The monoisotopic (exact) mass is 264 g/mol. The van der Waals surface area contributed by atoms with Gasteiger partial charge in [-0.15, -0.1) is 4.68 Å². The van der Waals surface area contributed by atoms with Crippen LogP contribution in [0.3, 0.4) is 0 Å². The molecule has 2 aromatic heterocycles. The Kier molecular flexibility index (Phi) is 3.23. The van der Waals surface area contributed by atoms with Crippen molar-refractivity contribution < 1.29 is 4.92 Å². The second kappa shape index (κ2) is 4.84. The van der Waals surface area contributed by atoms with Crippen LogP contribution in [0.2, 0.25) is 0 Å². The van der Waals surface area contributed by atoms with Gasteiger partial charge in [-0.05, 0) is 4.92 Å². The molecule has 0 atom stereocenters. The van der Waals surface area contributed by atoms with Crippen LogP contribution in [0.4, 0.5) is 17.7 Å². The second-order valence-electron chi connectivity index (χ2n) is 3.91. The molecule has 0 fully saturated rings. The molecule has 2 aromatic rings. The molecule has 19 heavy (non-hydrogen) atoms. The first-order chi connectivity index (χ1) is 8.97. The molecule has 0 aromatic carbocycles. The van der Waals surface area contributed by atoms with E-state index in [1.54, 1.807) is 19.0 Å². The molecule has 10 heteroatoms. The van der Waals surface area contributed by atoms with Gasteiger partial charge in [0.1, 0.15) is 0 Å². The van der Waals surface area contributed by atoms with Gasteiger partial charge in [-0.1, -0.05) is 5.10 Å². The molecular formula is C9H12N8O2. The van der Waals surface area contributed by atoms with Crippen LogP contribution in [0, 0.1) is 10.1 Å². The fraction of sp³-hybridized carbons (Fsp3) is 0.333. The van der Waals surface area contributed by atoms with Gasteiger partial charge in [0, 0.05) is 14.1 Å². The Morgan fingerprint density at radius 3 is 2.79 bits per heavy atom. The lowest BCUT2D eigenvalue weighted by molar-refractivity contribution is -0.392. The lowest BCUT2D eigenvalue weighted by atomic mass is 10.5. The fourth-order valence-electron chi connectivity index (χ4n) is 1.43. The Bertz CT molecular complexity index is 608. The number of anilines is 2. The molecule has 0 radical (unpaired) electrons. The van der Waals surface area contributed by atoms with E-state index in [9.17, 15) is 10.1 Å². The lowest BCUT2D eigenvalue weighted by Crippen LogP contribution is -2.17. The molecule has 0 aliphatic carbocycles. The summed E-state index contributed by atoms with van der Waals surface area (Å²) in [6.07, 6.45) is 1.34. The highest BCUT2D eigenvalue weighted by atomic mass is 16.6. The minimum Gasteiger partial charge on any atom is -0.368 e. The van der Waals surface area contributed by atoms with Gasteiger partial charge in [-0.2, -0.15) is 15.0 Å². The highest BCUT2D eigenvalue weighted by Gasteiger charge is 2.16. The Morgan fingerprint density at radius 2 is 2.16 bits per heavy atom. The predicted molar refractivity (Wildman–Crippen MR) is 66.5 cm³/mol. The zero-order valence-corrected chi connectivity index (χ0v) is 10.4. The Balaban J connectivity index is 2.33. The van der Waals surface area contributed by atoms with Crippen LogP contribution in [0.25, 0.3) is 0 Å². The van der Waals surface area contributed by atoms with E-state index in [1.165, 1.54) is 16.9 Å². The first-order valence-electron chi connectivity index (χ1n) is 5.31. The average molecular weight is 264 g/mol. The fourth-order valence-corrected chi connectivity index (χ4v) is 1.43. The molecular weight excluding hydrogens is 252 g/mol. The summed E-state index contributed by atoms with van der Waals surface area (Å²) < 4.78 is 1.19. The van der Waals surface area contributed by atoms with E-state index in [0.717, 1.165) is 0 Å². The zero-order chi connectivity index (χ0) is 14.0. The van der Waals surface area contributed by atoms with Gasteiger partial charge in [0.05, 0.1) is 12.3 Å². The summed E-state index contributed by atoms with van der Waals surface area (Å²) in [5, 5.41) is 14.6. The second-order valence-corrected chi connectivity index (χ2v) is 3.91. The minimum absolute atomic E-state index is 0.0525. The van der Waals surface area contributed by atoms with Crippen LogP contribution >= 0.6 is 0 Å². The summed E-state index contributed by atoms with van der Waals surface area (Å²) in [6.45, 7) is 0.0525. The number of aromatic nitrogens is 5. The first kappa shape index (κ1) is 12.7. The number of hydrogen-bond donors (Lipinski definition) is 1. The van der Waals surface area contributed by atoms with Crippen molar-refractivity contribution in [1.29, 1.82) is 0 Å². The third-order valence-corrected chi connectivity index (χ3v) is 2.26. The van der Waals surface area contributed by atoms with Crippen LogP contribution in [0.15, 0.2) is 12.3 Å². The van der Waals surface area contributed by atoms with Crippen molar-refractivity contribution in [2.24, 2.45) is 0 Å². The highest BCUT2D eigenvalue weighted by molar-refractivity contribution is 5.32. The third kappa shape index (κ3) is 2.73. The van der Waals surface area contributed by atoms with Crippen molar-refractivity contribution in [1.82, 2.24) is 24.7 Å². The van der Waals surface area contributed by atoms with Crippen molar-refractivity contribution in [3.8, 4) is 0 Å². The van der Waals surface area contributed by atoms with Crippen molar-refractivity contribution >= 4 is 17.7 Å². The molecule has 0 saturated heterocycles. The van der Waals surface area contributed by atoms with Crippen molar-refractivity contribution in [3.05, 3.63) is 28.2 Å². The molecule has 100 valence electrons. The van der Waals surface area contributed by atoms with E-state index in [4.69, 9.17) is 5.73 Å². The molecule has 0 unspecified atom stereocenters. The largest absolute Gasteiger partial charge is 0.368 e. The highest BCUT2D eigenvalue weighted by Crippen LogP contribution is 2.12. The summed E-state index contributed by atoms with van der Waals surface area (Å²) in [5.74, 6) is 0.620. The average Bonchev–Trinajstić information content (AvgIpc) is 2.76. The number of hydrogen-bond acceptors (Lipinski definition) is 8. The number of nitrogens with two attached hydrogens (primary N) is 1. The minimum atomic E-state index is -0.523. The Labute approximate surface area is 108 Å². The quantitative estimate of drug-likeness (QED) is 0.587. The summed E-state index contributed by atoms with van der Waals surface area (Å²) in [7, 11) is 3.52. The predicted octanol–water partition coefficient (Wildman–Crippen LogP) is -0.327. The van der Waals surface area contributed by atoms with Gasteiger partial charge in [-0.3, -0.25) is 0 Å². The van der Waals surface area contributed by atoms with Crippen LogP contribution in [0.1, 0.15) is 5.82 Å². The summed E-state index contributed by atoms with van der Waals surface area (Å²) in [6, 6.07) is 1.30. The SMILES string of the molecule is CN(C)c1nc(N)nc(Cn2nccc2[N+](=O)[O-])n1. The van der Waals surface area contributed by atoms with Crippen LogP contribution in [-0.2, 0) is 6.54 Å². The maximum absolute atomic E-state index is 10.8. The number of rotatable bonds is 4. The molecule has 2 heterocycles. The topological polar surface area (TPSA) is 129 Å². The van der Waals surface area contributed by atoms with E-state index in [-0.39, 0.29) is 18.3 Å². The van der Waals surface area contributed by atoms with Crippen LogP contribution in [0.5, 0.6) is 0 Å². The normalized spacial score (nSPS) is 10.4. The van der Waals surface area contributed by atoms with Crippen molar-refractivity contribution in [2.45, 2.75) is 6.54 Å². The summed E-state index contributed by atoms with van der Waals surface area (Å²) in [5.41, 5.74) is 5.57. The zero-order valence-electron chi connectivity index (χ0n) is 10.4. The molecule has 2 N–H and O–H groups in total. The molecule has 0 amide bonds. The van der Waals surface area contributed by atoms with Gasteiger partial charge in [0.15, 0.2) is 12.4 Å². The maximum atomic E-state index is 10.8. The van der Waals surface area contributed by atoms with E-state index in [0.29, 0.717) is 11.8 Å². The van der Waals surface area contributed by atoms with Crippen LogP contribution in [-0.4, -0.2) is 43.8 Å². The first-order valence-corrected chi connectivity index (χ1v) is 5.31. The van der Waals surface area contributed by atoms with Crippen molar-refractivity contribution in [2.75, 3.05) is 24.7 Å². The Hall–Kier alpha value is -2.78.